The maximum Gasteiger partial charge on any atom is 0.253 e. The molecule has 2 fully saturated rings. The fraction of sp³-hybridized carbons (Fsp3) is 0.480. The monoisotopic (exact) mass is 376 g/mol. The number of aryl methyl sites for hydroxylation is 1. The zero-order chi connectivity index (χ0) is 19.4. The quantitative estimate of drug-likeness (QED) is 0.804. The van der Waals surface area contributed by atoms with Gasteiger partial charge in [-0.1, -0.05) is 49.7 Å². The van der Waals surface area contributed by atoms with E-state index in [9.17, 15) is 4.79 Å². The summed E-state index contributed by atoms with van der Waals surface area (Å²) in [6.45, 7) is 6.17. The van der Waals surface area contributed by atoms with Crippen molar-refractivity contribution in [2.24, 2.45) is 5.41 Å². The van der Waals surface area contributed by atoms with Crippen LogP contribution in [0.2, 0.25) is 0 Å². The molecule has 2 aliphatic heterocycles. The van der Waals surface area contributed by atoms with Crippen LogP contribution in [-0.4, -0.2) is 37.0 Å². The molecule has 2 aliphatic rings. The van der Waals surface area contributed by atoms with Gasteiger partial charge in [-0.25, -0.2) is 0 Å². The van der Waals surface area contributed by atoms with Crippen LogP contribution in [0.25, 0.3) is 11.1 Å². The van der Waals surface area contributed by atoms with Gasteiger partial charge >= 0.3 is 0 Å². The predicted molar refractivity (Wildman–Crippen MR) is 116 cm³/mol. The lowest BCUT2D eigenvalue weighted by atomic mass is 9.79. The molecule has 2 aromatic rings. The molecule has 0 saturated carbocycles. The maximum atomic E-state index is 13.0. The summed E-state index contributed by atoms with van der Waals surface area (Å²) in [6.07, 6.45) is 7.18. The minimum Gasteiger partial charge on any atom is -0.338 e. The molecule has 148 valence electrons. The Bertz CT molecular complexity index is 788. The summed E-state index contributed by atoms with van der Waals surface area (Å²) in [5.74, 6) is 0.187. The van der Waals surface area contributed by atoms with Gasteiger partial charge in [-0.2, -0.15) is 0 Å². The van der Waals surface area contributed by atoms with Gasteiger partial charge in [-0.05, 0) is 67.5 Å². The number of benzene rings is 2. The average molecular weight is 377 g/mol. The first kappa shape index (κ1) is 19.2. The molecular weight excluding hydrogens is 344 g/mol. The zero-order valence-electron chi connectivity index (χ0n) is 17.0. The van der Waals surface area contributed by atoms with Crippen LogP contribution in [0.4, 0.5) is 0 Å². The summed E-state index contributed by atoms with van der Waals surface area (Å²) in [7, 11) is 0. The molecule has 3 nitrogen and oxygen atoms in total. The predicted octanol–water partition coefficient (Wildman–Crippen LogP) is 4.91. The van der Waals surface area contributed by atoms with E-state index in [1.807, 2.05) is 12.1 Å². The Hall–Kier alpha value is -2.13. The van der Waals surface area contributed by atoms with E-state index in [1.54, 1.807) is 0 Å². The molecule has 0 radical (unpaired) electrons. The average Bonchev–Trinajstić information content (AvgIpc) is 3.19. The Labute approximate surface area is 169 Å². The van der Waals surface area contributed by atoms with Gasteiger partial charge in [0.25, 0.3) is 5.91 Å². The molecule has 1 N–H and O–H groups in total. The summed E-state index contributed by atoms with van der Waals surface area (Å²) < 4.78 is 0. The van der Waals surface area contributed by atoms with Crippen molar-refractivity contribution in [1.29, 1.82) is 0 Å². The first-order valence-electron chi connectivity index (χ1n) is 10.9. The van der Waals surface area contributed by atoms with Crippen LogP contribution >= 0.6 is 0 Å². The number of carbonyl (C=O) groups excluding carboxylic acids is 1. The lowest BCUT2D eigenvalue weighted by molar-refractivity contribution is 0.0553. The Kier molecular flexibility index (Phi) is 5.82. The van der Waals surface area contributed by atoms with Crippen molar-refractivity contribution in [3.8, 4) is 11.1 Å². The van der Waals surface area contributed by atoms with Crippen molar-refractivity contribution in [3.63, 3.8) is 0 Å². The number of hydrogen-bond acceptors (Lipinski definition) is 2. The standard InChI is InChI=1S/C25H32N2O/c1-2-3-5-20-6-8-21(9-7-20)22-10-12-23(13-11-22)24(28)27-17-4-14-25(19-27)15-16-26-18-25/h6-13,26H,2-5,14-19H2,1H3. The molecule has 1 atom stereocenters. The fourth-order valence-corrected chi connectivity index (χ4v) is 4.76. The highest BCUT2D eigenvalue weighted by atomic mass is 16.2. The molecular formula is C25H32N2O. The van der Waals surface area contributed by atoms with E-state index < -0.39 is 0 Å². The van der Waals surface area contributed by atoms with Gasteiger partial charge in [0.15, 0.2) is 0 Å². The van der Waals surface area contributed by atoms with Crippen LogP contribution in [-0.2, 0) is 6.42 Å². The van der Waals surface area contributed by atoms with E-state index in [2.05, 4.69) is 53.5 Å². The third kappa shape index (κ3) is 4.15. The summed E-state index contributed by atoms with van der Waals surface area (Å²) in [6, 6.07) is 17.0. The highest BCUT2D eigenvalue weighted by Gasteiger charge is 2.39. The van der Waals surface area contributed by atoms with Crippen LogP contribution < -0.4 is 5.32 Å². The van der Waals surface area contributed by atoms with E-state index >= 15 is 0 Å². The topological polar surface area (TPSA) is 32.3 Å². The highest BCUT2D eigenvalue weighted by Crippen LogP contribution is 2.36. The number of amides is 1. The smallest absolute Gasteiger partial charge is 0.253 e. The molecule has 1 spiro atoms. The van der Waals surface area contributed by atoms with Crippen LogP contribution in [0.5, 0.6) is 0 Å². The first-order chi connectivity index (χ1) is 13.7. The van der Waals surface area contributed by atoms with Gasteiger partial charge in [0.1, 0.15) is 0 Å². The van der Waals surface area contributed by atoms with E-state index in [0.717, 1.165) is 44.6 Å². The number of hydrogen-bond donors (Lipinski definition) is 1. The molecule has 1 unspecified atom stereocenters. The Morgan fingerprint density at radius 1 is 1.04 bits per heavy atom. The molecule has 2 saturated heterocycles. The Balaban J connectivity index is 1.43. The number of unbranched alkanes of at least 4 members (excludes halogenated alkanes) is 1. The second-order valence-corrected chi connectivity index (χ2v) is 8.63. The third-order valence-corrected chi connectivity index (χ3v) is 6.52. The van der Waals surface area contributed by atoms with E-state index in [4.69, 9.17) is 0 Å². The number of nitrogens with zero attached hydrogens (tertiary/aromatic N) is 1. The van der Waals surface area contributed by atoms with Crippen molar-refractivity contribution >= 4 is 5.91 Å². The lowest BCUT2D eigenvalue weighted by Gasteiger charge is -2.40. The van der Waals surface area contributed by atoms with Crippen LogP contribution in [0.1, 0.15) is 54.9 Å². The molecule has 0 bridgehead atoms. The van der Waals surface area contributed by atoms with E-state index in [-0.39, 0.29) is 5.91 Å². The second-order valence-electron chi connectivity index (χ2n) is 8.63. The van der Waals surface area contributed by atoms with E-state index in [1.165, 1.54) is 42.4 Å². The Morgan fingerprint density at radius 2 is 1.75 bits per heavy atom. The number of carbonyl (C=O) groups is 1. The van der Waals surface area contributed by atoms with Crippen molar-refractivity contribution in [3.05, 3.63) is 59.7 Å². The van der Waals surface area contributed by atoms with E-state index in [0.29, 0.717) is 5.41 Å². The minimum atomic E-state index is 0.187. The van der Waals surface area contributed by atoms with Gasteiger partial charge in [0.05, 0.1) is 0 Å². The molecule has 4 rings (SSSR count). The number of nitrogens with one attached hydrogen (secondary N) is 1. The molecule has 28 heavy (non-hydrogen) atoms. The van der Waals surface area contributed by atoms with Gasteiger partial charge in [-0.15, -0.1) is 0 Å². The SMILES string of the molecule is CCCCc1ccc(-c2ccc(C(=O)N3CCCC4(CCNC4)C3)cc2)cc1. The number of piperidine rings is 1. The minimum absolute atomic E-state index is 0.187. The van der Waals surface area contributed by atoms with Gasteiger partial charge < -0.3 is 10.2 Å². The second kappa shape index (κ2) is 8.48. The third-order valence-electron chi connectivity index (χ3n) is 6.52. The molecule has 2 heterocycles. The Morgan fingerprint density at radius 3 is 2.39 bits per heavy atom. The van der Waals surface area contributed by atoms with Gasteiger partial charge in [-0.3, -0.25) is 4.79 Å². The number of rotatable bonds is 5. The van der Waals surface area contributed by atoms with Crippen LogP contribution in [0.15, 0.2) is 48.5 Å². The lowest BCUT2D eigenvalue weighted by Crippen LogP contribution is -2.47. The highest BCUT2D eigenvalue weighted by molar-refractivity contribution is 5.94. The molecule has 3 heteroatoms. The van der Waals surface area contributed by atoms with Crippen LogP contribution in [0.3, 0.4) is 0 Å². The summed E-state index contributed by atoms with van der Waals surface area (Å²) in [5.41, 5.74) is 4.92. The molecule has 0 aromatic heterocycles. The van der Waals surface area contributed by atoms with Crippen molar-refractivity contribution < 1.29 is 4.79 Å². The van der Waals surface area contributed by atoms with Crippen molar-refractivity contribution in [2.75, 3.05) is 26.2 Å². The first-order valence-corrected chi connectivity index (χ1v) is 10.9. The number of likely N-dealkylation sites (tertiary alicyclic amines) is 1. The van der Waals surface area contributed by atoms with Crippen LogP contribution in [0, 0.1) is 5.41 Å². The fourth-order valence-electron chi connectivity index (χ4n) is 4.76. The maximum absolute atomic E-state index is 13.0. The zero-order valence-corrected chi connectivity index (χ0v) is 17.0. The summed E-state index contributed by atoms with van der Waals surface area (Å²) >= 11 is 0. The summed E-state index contributed by atoms with van der Waals surface area (Å²) in [5, 5.41) is 3.48. The summed E-state index contributed by atoms with van der Waals surface area (Å²) in [4.78, 5) is 15.1. The molecule has 1 amide bonds. The molecule has 0 aliphatic carbocycles. The molecule has 2 aromatic carbocycles. The largest absolute Gasteiger partial charge is 0.338 e. The van der Waals surface area contributed by atoms with Crippen molar-refractivity contribution in [1.82, 2.24) is 10.2 Å². The van der Waals surface area contributed by atoms with Crippen molar-refractivity contribution in [2.45, 2.75) is 45.4 Å². The normalized spacial score (nSPS) is 22.0. The van der Waals surface area contributed by atoms with Gasteiger partial charge in [0.2, 0.25) is 0 Å². The van der Waals surface area contributed by atoms with Gasteiger partial charge in [0, 0.05) is 30.6 Å².